The second-order valence-corrected chi connectivity index (χ2v) is 6.31. The molecule has 0 fully saturated rings. The van der Waals surface area contributed by atoms with Crippen molar-refractivity contribution in [3.05, 3.63) is 95.1 Å². The van der Waals surface area contributed by atoms with Gasteiger partial charge in [-0.15, -0.1) is 0 Å². The van der Waals surface area contributed by atoms with Crippen molar-refractivity contribution in [2.45, 2.75) is 13.5 Å². The molecule has 142 valence electrons. The summed E-state index contributed by atoms with van der Waals surface area (Å²) < 4.78 is 5.24. The Morgan fingerprint density at radius 2 is 1.46 bits per heavy atom. The van der Waals surface area contributed by atoms with Crippen LogP contribution in [-0.4, -0.2) is 18.9 Å². The molecular formula is C23H22N2O3. The third-order valence-electron chi connectivity index (χ3n) is 4.47. The number of hydrogen-bond acceptors (Lipinski definition) is 3. The lowest BCUT2D eigenvalue weighted by atomic mass is 10.1. The van der Waals surface area contributed by atoms with Crippen LogP contribution in [0.4, 0.5) is 5.69 Å². The number of hydrogen-bond donors (Lipinski definition) is 2. The average molecular weight is 374 g/mol. The predicted octanol–water partition coefficient (Wildman–Crippen LogP) is 4.19. The van der Waals surface area contributed by atoms with Gasteiger partial charge in [-0.1, -0.05) is 48.5 Å². The number of methoxy groups -OCH3 is 1. The molecule has 2 N–H and O–H groups in total. The lowest BCUT2D eigenvalue weighted by molar-refractivity contribution is 0.0951. The molecule has 0 saturated heterocycles. The molecule has 0 bridgehead atoms. The highest BCUT2D eigenvalue weighted by atomic mass is 16.5. The fourth-order valence-electron chi connectivity index (χ4n) is 2.89. The van der Waals surface area contributed by atoms with E-state index >= 15 is 0 Å². The third kappa shape index (κ3) is 4.38. The van der Waals surface area contributed by atoms with Crippen LogP contribution in [0.3, 0.4) is 0 Å². The van der Waals surface area contributed by atoms with Crippen LogP contribution in [0.25, 0.3) is 0 Å². The van der Waals surface area contributed by atoms with Gasteiger partial charge < -0.3 is 15.4 Å². The van der Waals surface area contributed by atoms with Crippen LogP contribution in [0.2, 0.25) is 0 Å². The normalized spacial score (nSPS) is 10.2. The number of ether oxygens (including phenoxy) is 1. The van der Waals surface area contributed by atoms with Gasteiger partial charge in [0.15, 0.2) is 0 Å². The Bertz CT molecular complexity index is 998. The number of nitrogens with one attached hydrogen (secondary N) is 2. The molecule has 3 aromatic rings. The lowest BCUT2D eigenvalue weighted by Crippen LogP contribution is -2.25. The number of para-hydroxylation sites is 2. The standard InChI is InChI=1S/C23H22N2O3/c1-16-9-3-4-10-17(16)15-24-22(26)18-11-5-7-13-20(18)25-23(27)19-12-6-8-14-21(19)28-2/h3-14H,15H2,1-2H3,(H,24,26)(H,25,27). The van der Waals surface area contributed by atoms with Crippen LogP contribution in [0.1, 0.15) is 31.8 Å². The number of aryl methyl sites for hydroxylation is 1. The van der Waals surface area contributed by atoms with Gasteiger partial charge in [0.25, 0.3) is 11.8 Å². The van der Waals surface area contributed by atoms with E-state index in [1.807, 2.05) is 31.2 Å². The maximum absolute atomic E-state index is 12.7. The molecular weight excluding hydrogens is 352 g/mol. The minimum absolute atomic E-state index is 0.251. The number of rotatable bonds is 6. The second kappa shape index (κ2) is 8.86. The van der Waals surface area contributed by atoms with Gasteiger partial charge in [-0.05, 0) is 42.3 Å². The first-order chi connectivity index (χ1) is 13.6. The van der Waals surface area contributed by atoms with Crippen molar-refractivity contribution in [2.24, 2.45) is 0 Å². The van der Waals surface area contributed by atoms with Crippen LogP contribution in [0.5, 0.6) is 5.75 Å². The van der Waals surface area contributed by atoms with Crippen LogP contribution in [0.15, 0.2) is 72.8 Å². The molecule has 0 saturated carbocycles. The highest BCUT2D eigenvalue weighted by molar-refractivity contribution is 6.10. The van der Waals surface area contributed by atoms with E-state index in [2.05, 4.69) is 10.6 Å². The maximum Gasteiger partial charge on any atom is 0.259 e. The van der Waals surface area contributed by atoms with E-state index in [9.17, 15) is 9.59 Å². The number of anilines is 1. The Hall–Kier alpha value is -3.60. The van der Waals surface area contributed by atoms with Gasteiger partial charge >= 0.3 is 0 Å². The summed E-state index contributed by atoms with van der Waals surface area (Å²) >= 11 is 0. The molecule has 5 nitrogen and oxygen atoms in total. The molecule has 0 aliphatic carbocycles. The fraction of sp³-hybridized carbons (Fsp3) is 0.130. The Morgan fingerprint density at radius 3 is 2.21 bits per heavy atom. The van der Waals surface area contributed by atoms with Crippen molar-refractivity contribution in [1.29, 1.82) is 0 Å². The molecule has 2 amide bonds. The first-order valence-electron chi connectivity index (χ1n) is 8.96. The number of carbonyl (C=O) groups is 2. The Kier molecular flexibility index (Phi) is 6.07. The third-order valence-corrected chi connectivity index (χ3v) is 4.47. The molecule has 28 heavy (non-hydrogen) atoms. The van der Waals surface area contributed by atoms with Crippen molar-refractivity contribution in [3.8, 4) is 5.75 Å². The molecule has 0 aliphatic heterocycles. The largest absolute Gasteiger partial charge is 0.496 e. The highest BCUT2D eigenvalue weighted by Crippen LogP contribution is 2.21. The zero-order valence-corrected chi connectivity index (χ0v) is 15.9. The summed E-state index contributed by atoms with van der Waals surface area (Å²) in [6.45, 7) is 2.42. The van der Waals surface area contributed by atoms with E-state index in [4.69, 9.17) is 4.74 Å². The summed E-state index contributed by atoms with van der Waals surface area (Å²) in [6, 6.07) is 21.8. The van der Waals surface area contributed by atoms with Crippen molar-refractivity contribution in [2.75, 3.05) is 12.4 Å². The lowest BCUT2D eigenvalue weighted by Gasteiger charge is -2.13. The Balaban J connectivity index is 1.76. The molecule has 0 radical (unpaired) electrons. The van der Waals surface area contributed by atoms with Gasteiger partial charge in [0, 0.05) is 6.54 Å². The van der Waals surface area contributed by atoms with Crippen LogP contribution >= 0.6 is 0 Å². The molecule has 0 aromatic heterocycles. The van der Waals surface area contributed by atoms with Crippen molar-refractivity contribution < 1.29 is 14.3 Å². The van der Waals surface area contributed by atoms with Gasteiger partial charge in [-0.25, -0.2) is 0 Å². The van der Waals surface area contributed by atoms with Gasteiger partial charge in [0.05, 0.1) is 23.9 Å². The first kappa shape index (κ1) is 19.2. The summed E-state index contributed by atoms with van der Waals surface area (Å²) in [5.41, 5.74) is 3.41. The second-order valence-electron chi connectivity index (χ2n) is 6.31. The van der Waals surface area contributed by atoms with Gasteiger partial charge in [-0.3, -0.25) is 9.59 Å². The van der Waals surface area contributed by atoms with Crippen molar-refractivity contribution in [1.82, 2.24) is 5.32 Å². The van der Waals surface area contributed by atoms with E-state index < -0.39 is 0 Å². The SMILES string of the molecule is COc1ccccc1C(=O)Nc1ccccc1C(=O)NCc1ccccc1C. The average Bonchev–Trinajstić information content (AvgIpc) is 2.73. The topological polar surface area (TPSA) is 67.4 Å². The quantitative estimate of drug-likeness (QED) is 0.680. The molecule has 0 heterocycles. The zero-order chi connectivity index (χ0) is 19.9. The minimum Gasteiger partial charge on any atom is -0.496 e. The molecule has 0 unspecified atom stereocenters. The van der Waals surface area contributed by atoms with E-state index in [-0.39, 0.29) is 11.8 Å². The van der Waals surface area contributed by atoms with E-state index in [0.29, 0.717) is 29.1 Å². The van der Waals surface area contributed by atoms with E-state index in [1.54, 1.807) is 48.5 Å². The van der Waals surface area contributed by atoms with Crippen LogP contribution < -0.4 is 15.4 Å². The van der Waals surface area contributed by atoms with E-state index in [1.165, 1.54) is 7.11 Å². The molecule has 0 spiro atoms. The van der Waals surface area contributed by atoms with Crippen molar-refractivity contribution >= 4 is 17.5 Å². The minimum atomic E-state index is -0.336. The Morgan fingerprint density at radius 1 is 0.821 bits per heavy atom. The van der Waals surface area contributed by atoms with Crippen LogP contribution in [-0.2, 0) is 6.54 Å². The molecule has 3 rings (SSSR count). The zero-order valence-electron chi connectivity index (χ0n) is 15.9. The number of carbonyl (C=O) groups excluding carboxylic acids is 2. The number of amides is 2. The van der Waals surface area contributed by atoms with Crippen molar-refractivity contribution in [3.63, 3.8) is 0 Å². The summed E-state index contributed by atoms with van der Waals surface area (Å²) in [4.78, 5) is 25.4. The predicted molar refractivity (Wildman–Crippen MR) is 110 cm³/mol. The summed E-state index contributed by atoms with van der Waals surface area (Å²) in [7, 11) is 1.51. The summed E-state index contributed by atoms with van der Waals surface area (Å²) in [6.07, 6.45) is 0. The van der Waals surface area contributed by atoms with Gasteiger partial charge in [0.2, 0.25) is 0 Å². The van der Waals surface area contributed by atoms with Gasteiger partial charge in [0.1, 0.15) is 5.75 Å². The highest BCUT2D eigenvalue weighted by Gasteiger charge is 2.16. The van der Waals surface area contributed by atoms with Gasteiger partial charge in [-0.2, -0.15) is 0 Å². The molecule has 5 heteroatoms. The fourth-order valence-corrected chi connectivity index (χ4v) is 2.89. The number of benzene rings is 3. The maximum atomic E-state index is 12.7. The van der Waals surface area contributed by atoms with E-state index in [0.717, 1.165) is 11.1 Å². The monoisotopic (exact) mass is 374 g/mol. The smallest absolute Gasteiger partial charge is 0.259 e. The summed E-state index contributed by atoms with van der Waals surface area (Å²) in [5.74, 6) is -0.114. The summed E-state index contributed by atoms with van der Waals surface area (Å²) in [5, 5.41) is 5.73. The molecule has 0 aliphatic rings. The molecule has 3 aromatic carbocycles. The Labute approximate surface area is 164 Å². The van der Waals surface area contributed by atoms with Crippen LogP contribution in [0, 0.1) is 6.92 Å². The molecule has 0 atom stereocenters. The first-order valence-corrected chi connectivity index (χ1v) is 8.96.